The molecule has 1 fully saturated rings. The van der Waals surface area contributed by atoms with Crippen LogP contribution >= 0.6 is 15.9 Å². The van der Waals surface area contributed by atoms with E-state index in [0.717, 1.165) is 21.7 Å². The average Bonchev–Trinajstić information content (AvgIpc) is 2.61. The van der Waals surface area contributed by atoms with Crippen LogP contribution in [0.2, 0.25) is 0 Å². The standard InChI is InChI=1S/C17H24BrNO2/c1-17(2)6-3-4-12(5-7-17)19-14-11-16-15(10-13(14)18)20-8-9-21-16/h10-12,19H,3-9H2,1-2H3. The Balaban J connectivity index is 1.72. The lowest BCUT2D eigenvalue weighted by molar-refractivity contribution is 0.171. The van der Waals surface area contributed by atoms with Gasteiger partial charge in [0.15, 0.2) is 11.5 Å². The van der Waals surface area contributed by atoms with Gasteiger partial charge in [-0.1, -0.05) is 20.3 Å². The molecule has 1 aromatic carbocycles. The summed E-state index contributed by atoms with van der Waals surface area (Å²) in [7, 11) is 0. The summed E-state index contributed by atoms with van der Waals surface area (Å²) < 4.78 is 12.3. The fraction of sp³-hybridized carbons (Fsp3) is 0.647. The van der Waals surface area contributed by atoms with E-state index in [0.29, 0.717) is 24.7 Å². The van der Waals surface area contributed by atoms with Crippen molar-refractivity contribution in [3.05, 3.63) is 16.6 Å². The van der Waals surface area contributed by atoms with E-state index >= 15 is 0 Å². The molecule has 1 aliphatic carbocycles. The average molecular weight is 354 g/mol. The monoisotopic (exact) mass is 353 g/mol. The second kappa shape index (κ2) is 6.07. The topological polar surface area (TPSA) is 30.5 Å². The molecule has 0 spiro atoms. The van der Waals surface area contributed by atoms with Crippen LogP contribution in [0.3, 0.4) is 0 Å². The predicted octanol–water partition coefficient (Wildman–Crippen LogP) is 4.99. The Morgan fingerprint density at radius 2 is 1.81 bits per heavy atom. The summed E-state index contributed by atoms with van der Waals surface area (Å²) in [5.41, 5.74) is 1.60. The molecular weight excluding hydrogens is 330 g/mol. The van der Waals surface area contributed by atoms with Gasteiger partial charge in [0.2, 0.25) is 0 Å². The van der Waals surface area contributed by atoms with Gasteiger partial charge in [-0.15, -0.1) is 0 Å². The van der Waals surface area contributed by atoms with Crippen molar-refractivity contribution in [2.75, 3.05) is 18.5 Å². The Hall–Kier alpha value is -0.900. The second-order valence-corrected chi connectivity index (χ2v) is 7.77. The van der Waals surface area contributed by atoms with Crippen LogP contribution in [0, 0.1) is 5.41 Å². The van der Waals surface area contributed by atoms with E-state index in [1.54, 1.807) is 0 Å². The van der Waals surface area contributed by atoms with Crippen molar-refractivity contribution in [3.8, 4) is 11.5 Å². The molecule has 1 aliphatic heterocycles. The van der Waals surface area contributed by atoms with Gasteiger partial charge in [0.1, 0.15) is 13.2 Å². The number of ether oxygens (including phenoxy) is 2. The summed E-state index contributed by atoms with van der Waals surface area (Å²) in [6.45, 7) is 6.03. The lowest BCUT2D eigenvalue weighted by atomic mass is 9.85. The van der Waals surface area contributed by atoms with Crippen LogP contribution in [0.15, 0.2) is 16.6 Å². The van der Waals surface area contributed by atoms with E-state index in [4.69, 9.17) is 9.47 Å². The van der Waals surface area contributed by atoms with Gasteiger partial charge < -0.3 is 14.8 Å². The van der Waals surface area contributed by atoms with Crippen LogP contribution in [-0.4, -0.2) is 19.3 Å². The van der Waals surface area contributed by atoms with Crippen LogP contribution in [0.5, 0.6) is 11.5 Å². The second-order valence-electron chi connectivity index (χ2n) is 6.91. The molecule has 1 atom stereocenters. The molecule has 0 saturated heterocycles. The van der Waals surface area contributed by atoms with Gasteiger partial charge in [0.25, 0.3) is 0 Å². The number of anilines is 1. The lowest BCUT2D eigenvalue weighted by Gasteiger charge is -2.24. The highest BCUT2D eigenvalue weighted by atomic mass is 79.9. The Bertz CT molecular complexity index is 516. The van der Waals surface area contributed by atoms with E-state index in [1.807, 2.05) is 6.07 Å². The van der Waals surface area contributed by atoms with Crippen molar-refractivity contribution in [1.29, 1.82) is 0 Å². The van der Waals surface area contributed by atoms with Gasteiger partial charge in [-0.25, -0.2) is 0 Å². The molecule has 3 nitrogen and oxygen atoms in total. The van der Waals surface area contributed by atoms with Gasteiger partial charge in [-0.3, -0.25) is 0 Å². The van der Waals surface area contributed by atoms with Crippen LogP contribution in [0.25, 0.3) is 0 Å². The van der Waals surface area contributed by atoms with Crippen molar-refractivity contribution in [1.82, 2.24) is 0 Å². The number of rotatable bonds is 2. The highest BCUT2D eigenvalue weighted by Crippen LogP contribution is 2.40. The molecule has 0 amide bonds. The zero-order valence-electron chi connectivity index (χ0n) is 12.9. The van der Waals surface area contributed by atoms with Gasteiger partial charge in [-0.05, 0) is 47.0 Å². The molecule has 116 valence electrons. The van der Waals surface area contributed by atoms with Crippen molar-refractivity contribution in [2.24, 2.45) is 5.41 Å². The first-order valence-electron chi connectivity index (χ1n) is 7.89. The van der Waals surface area contributed by atoms with Gasteiger partial charge in [0, 0.05) is 22.6 Å². The molecule has 1 saturated carbocycles. The zero-order valence-corrected chi connectivity index (χ0v) is 14.5. The maximum absolute atomic E-state index is 5.68. The number of benzene rings is 1. The molecule has 1 unspecified atom stereocenters. The molecule has 2 aliphatic rings. The molecule has 3 rings (SSSR count). The minimum atomic E-state index is 0.487. The highest BCUT2D eigenvalue weighted by molar-refractivity contribution is 9.10. The highest BCUT2D eigenvalue weighted by Gasteiger charge is 2.25. The maximum atomic E-state index is 5.68. The van der Waals surface area contributed by atoms with E-state index in [9.17, 15) is 0 Å². The predicted molar refractivity (Wildman–Crippen MR) is 89.4 cm³/mol. The molecule has 1 N–H and O–H groups in total. The van der Waals surface area contributed by atoms with E-state index in [1.165, 1.54) is 32.1 Å². The van der Waals surface area contributed by atoms with Gasteiger partial charge in [0.05, 0.1) is 5.69 Å². The Morgan fingerprint density at radius 3 is 2.57 bits per heavy atom. The maximum Gasteiger partial charge on any atom is 0.163 e. The lowest BCUT2D eigenvalue weighted by Crippen LogP contribution is -2.20. The summed E-state index contributed by atoms with van der Waals surface area (Å²) in [4.78, 5) is 0. The van der Waals surface area contributed by atoms with Crippen LogP contribution < -0.4 is 14.8 Å². The number of nitrogens with one attached hydrogen (secondary N) is 1. The minimum Gasteiger partial charge on any atom is -0.486 e. The molecule has 4 heteroatoms. The minimum absolute atomic E-state index is 0.487. The Labute approximate surface area is 135 Å². The molecule has 21 heavy (non-hydrogen) atoms. The van der Waals surface area contributed by atoms with Gasteiger partial charge in [-0.2, -0.15) is 0 Å². The molecule has 0 bridgehead atoms. The number of halogens is 1. The quantitative estimate of drug-likeness (QED) is 0.759. The number of hydrogen-bond acceptors (Lipinski definition) is 3. The smallest absolute Gasteiger partial charge is 0.163 e. The number of hydrogen-bond donors (Lipinski definition) is 1. The van der Waals surface area contributed by atoms with Crippen molar-refractivity contribution >= 4 is 21.6 Å². The summed E-state index contributed by atoms with van der Waals surface area (Å²) in [5.74, 6) is 1.68. The van der Waals surface area contributed by atoms with E-state index in [2.05, 4.69) is 41.2 Å². The molecule has 1 heterocycles. The van der Waals surface area contributed by atoms with Crippen LogP contribution in [0.4, 0.5) is 5.69 Å². The SMILES string of the molecule is CC1(C)CCCC(Nc2cc3c(cc2Br)OCCO3)CC1. The van der Waals surface area contributed by atoms with Crippen molar-refractivity contribution in [3.63, 3.8) is 0 Å². The van der Waals surface area contributed by atoms with Crippen LogP contribution in [-0.2, 0) is 0 Å². The fourth-order valence-corrected chi connectivity index (χ4v) is 3.64. The normalized spacial score (nSPS) is 24.2. The molecular formula is C17H24BrNO2. The summed E-state index contributed by atoms with van der Waals surface area (Å²) in [6, 6.07) is 4.62. The Morgan fingerprint density at radius 1 is 1.10 bits per heavy atom. The first-order valence-corrected chi connectivity index (χ1v) is 8.68. The molecule has 0 aromatic heterocycles. The zero-order chi connectivity index (χ0) is 14.9. The number of fused-ring (bicyclic) bond motifs is 1. The Kier molecular flexibility index (Phi) is 4.34. The molecule has 1 aromatic rings. The van der Waals surface area contributed by atoms with Crippen molar-refractivity contribution in [2.45, 2.75) is 52.0 Å². The summed E-state index contributed by atoms with van der Waals surface area (Å²) in [5, 5.41) is 3.69. The summed E-state index contributed by atoms with van der Waals surface area (Å²) in [6.07, 6.45) is 6.38. The van der Waals surface area contributed by atoms with Gasteiger partial charge >= 0.3 is 0 Å². The summed E-state index contributed by atoms with van der Waals surface area (Å²) >= 11 is 3.65. The third-order valence-electron chi connectivity index (χ3n) is 4.57. The van der Waals surface area contributed by atoms with E-state index in [-0.39, 0.29) is 0 Å². The third-order valence-corrected chi connectivity index (χ3v) is 5.22. The molecule has 0 radical (unpaired) electrons. The fourth-order valence-electron chi connectivity index (χ4n) is 3.20. The first-order chi connectivity index (χ1) is 10.0. The van der Waals surface area contributed by atoms with E-state index < -0.39 is 0 Å². The largest absolute Gasteiger partial charge is 0.486 e. The van der Waals surface area contributed by atoms with Crippen LogP contribution in [0.1, 0.15) is 46.0 Å². The van der Waals surface area contributed by atoms with Crippen molar-refractivity contribution < 1.29 is 9.47 Å². The third kappa shape index (κ3) is 3.65. The first kappa shape index (κ1) is 15.0.